The smallest absolute Gasteiger partial charge is 0.191 e. The monoisotopic (exact) mass is 326 g/mol. The van der Waals surface area contributed by atoms with E-state index in [4.69, 9.17) is 4.74 Å². The van der Waals surface area contributed by atoms with Crippen molar-refractivity contribution < 1.29 is 4.74 Å². The highest BCUT2D eigenvalue weighted by Gasteiger charge is 2.06. The Morgan fingerprint density at radius 3 is 2.62 bits per heavy atom. The molecule has 0 fully saturated rings. The summed E-state index contributed by atoms with van der Waals surface area (Å²) in [6, 6.07) is 14.0. The molecule has 0 unspecified atom stereocenters. The molecule has 0 aliphatic heterocycles. The second-order valence-electron chi connectivity index (χ2n) is 5.71. The largest absolute Gasteiger partial charge is 0.491 e. The first kappa shape index (κ1) is 17.8. The molecule has 5 nitrogen and oxygen atoms in total. The molecule has 0 bridgehead atoms. The third kappa shape index (κ3) is 5.57. The molecule has 5 heteroatoms. The van der Waals surface area contributed by atoms with Gasteiger partial charge < -0.3 is 15.4 Å². The molecule has 24 heavy (non-hydrogen) atoms. The van der Waals surface area contributed by atoms with Gasteiger partial charge in [0, 0.05) is 13.2 Å². The first-order valence-corrected chi connectivity index (χ1v) is 8.27. The summed E-state index contributed by atoms with van der Waals surface area (Å²) in [5.41, 5.74) is 2.21. The minimum absolute atomic E-state index is 0.446. The Labute approximate surface area is 144 Å². The van der Waals surface area contributed by atoms with Gasteiger partial charge in [-0.05, 0) is 29.7 Å². The van der Waals surface area contributed by atoms with E-state index in [9.17, 15) is 0 Å². The molecule has 0 atom stereocenters. The number of hydrogen-bond acceptors (Lipinski definition) is 3. The van der Waals surface area contributed by atoms with Crippen molar-refractivity contribution in [3.05, 3.63) is 59.9 Å². The zero-order valence-corrected chi connectivity index (χ0v) is 14.6. The summed E-state index contributed by atoms with van der Waals surface area (Å²) in [6.07, 6.45) is 1.78. The molecule has 0 aliphatic rings. The van der Waals surface area contributed by atoms with Crippen LogP contribution in [-0.2, 0) is 6.54 Å². The van der Waals surface area contributed by atoms with E-state index in [0.717, 1.165) is 17.4 Å². The molecule has 2 N–H and O–H groups in total. The zero-order chi connectivity index (χ0) is 17.2. The van der Waals surface area contributed by atoms with Crippen molar-refractivity contribution in [1.82, 2.24) is 15.6 Å². The molecule has 2 rings (SSSR count). The van der Waals surface area contributed by atoms with Crippen LogP contribution in [0.25, 0.3) is 0 Å². The number of rotatable bonds is 7. The maximum absolute atomic E-state index is 5.90. The lowest BCUT2D eigenvalue weighted by molar-refractivity contribution is 0.317. The van der Waals surface area contributed by atoms with Crippen LogP contribution in [0.15, 0.2) is 53.7 Å². The number of para-hydroxylation sites is 1. The fourth-order valence-corrected chi connectivity index (χ4v) is 2.32. The van der Waals surface area contributed by atoms with E-state index in [1.165, 1.54) is 5.56 Å². The molecule has 0 radical (unpaired) electrons. The SMILES string of the molecule is CN=C(NCCOc1ccccc1C(C)C)NCc1ccccn1. The lowest BCUT2D eigenvalue weighted by atomic mass is 10.0. The van der Waals surface area contributed by atoms with Crippen LogP contribution in [0.1, 0.15) is 31.0 Å². The van der Waals surface area contributed by atoms with Crippen LogP contribution in [0.4, 0.5) is 0 Å². The first-order valence-electron chi connectivity index (χ1n) is 8.27. The molecular formula is C19H26N4O. The highest BCUT2D eigenvalue weighted by molar-refractivity contribution is 5.79. The Hall–Kier alpha value is -2.56. The summed E-state index contributed by atoms with van der Waals surface area (Å²) >= 11 is 0. The van der Waals surface area contributed by atoms with E-state index in [1.54, 1.807) is 13.2 Å². The summed E-state index contributed by atoms with van der Waals surface area (Å²) in [5.74, 6) is 2.13. The molecule has 1 aromatic carbocycles. The van der Waals surface area contributed by atoms with Crippen LogP contribution in [0.2, 0.25) is 0 Å². The topological polar surface area (TPSA) is 58.5 Å². The van der Waals surface area contributed by atoms with Crippen LogP contribution in [0.5, 0.6) is 5.75 Å². The van der Waals surface area contributed by atoms with E-state index >= 15 is 0 Å². The summed E-state index contributed by atoms with van der Waals surface area (Å²) in [6.45, 7) is 6.23. The van der Waals surface area contributed by atoms with Gasteiger partial charge in [0.05, 0.1) is 18.8 Å². The van der Waals surface area contributed by atoms with Gasteiger partial charge in [0.2, 0.25) is 0 Å². The summed E-state index contributed by atoms with van der Waals surface area (Å²) in [4.78, 5) is 8.48. The molecular weight excluding hydrogens is 300 g/mol. The van der Waals surface area contributed by atoms with Crippen molar-refractivity contribution >= 4 is 5.96 Å². The summed E-state index contributed by atoms with van der Waals surface area (Å²) < 4.78 is 5.90. The average molecular weight is 326 g/mol. The van der Waals surface area contributed by atoms with E-state index in [1.807, 2.05) is 36.4 Å². The van der Waals surface area contributed by atoms with Gasteiger partial charge in [-0.3, -0.25) is 9.98 Å². The molecule has 0 saturated heterocycles. The zero-order valence-electron chi connectivity index (χ0n) is 14.6. The molecule has 0 spiro atoms. The molecule has 2 aromatic rings. The first-order chi connectivity index (χ1) is 11.7. The van der Waals surface area contributed by atoms with Gasteiger partial charge in [-0.25, -0.2) is 0 Å². The maximum Gasteiger partial charge on any atom is 0.191 e. The van der Waals surface area contributed by atoms with Crippen molar-refractivity contribution in [2.75, 3.05) is 20.2 Å². The van der Waals surface area contributed by atoms with Crippen molar-refractivity contribution in [3.63, 3.8) is 0 Å². The Morgan fingerprint density at radius 2 is 1.92 bits per heavy atom. The number of aliphatic imine (C=N–C) groups is 1. The predicted molar refractivity (Wildman–Crippen MR) is 98.5 cm³/mol. The predicted octanol–water partition coefficient (Wildman–Crippen LogP) is 2.95. The van der Waals surface area contributed by atoms with Gasteiger partial charge in [-0.15, -0.1) is 0 Å². The Morgan fingerprint density at radius 1 is 1.12 bits per heavy atom. The van der Waals surface area contributed by atoms with Gasteiger partial charge in [0.15, 0.2) is 5.96 Å². The van der Waals surface area contributed by atoms with Gasteiger partial charge in [0.1, 0.15) is 12.4 Å². The van der Waals surface area contributed by atoms with Crippen molar-refractivity contribution in [1.29, 1.82) is 0 Å². The number of nitrogens with one attached hydrogen (secondary N) is 2. The van der Waals surface area contributed by atoms with Crippen LogP contribution in [0.3, 0.4) is 0 Å². The van der Waals surface area contributed by atoms with Crippen molar-refractivity contribution in [2.45, 2.75) is 26.3 Å². The Balaban J connectivity index is 1.75. The number of aromatic nitrogens is 1. The van der Waals surface area contributed by atoms with Gasteiger partial charge in [0.25, 0.3) is 0 Å². The minimum atomic E-state index is 0.446. The van der Waals surface area contributed by atoms with Crippen LogP contribution >= 0.6 is 0 Å². The van der Waals surface area contributed by atoms with Gasteiger partial charge in [-0.1, -0.05) is 38.1 Å². The van der Waals surface area contributed by atoms with Crippen LogP contribution in [0, 0.1) is 0 Å². The molecule has 128 valence electrons. The summed E-state index contributed by atoms with van der Waals surface area (Å²) in [5, 5.41) is 6.48. The third-order valence-electron chi connectivity index (χ3n) is 3.58. The molecule has 0 amide bonds. The van der Waals surface area contributed by atoms with Gasteiger partial charge in [-0.2, -0.15) is 0 Å². The maximum atomic E-state index is 5.90. The van der Waals surface area contributed by atoms with Crippen molar-refractivity contribution in [3.8, 4) is 5.75 Å². The van der Waals surface area contributed by atoms with Crippen molar-refractivity contribution in [2.24, 2.45) is 4.99 Å². The van der Waals surface area contributed by atoms with Gasteiger partial charge >= 0.3 is 0 Å². The second kappa shape index (κ2) is 9.55. The number of pyridine rings is 1. The van der Waals surface area contributed by atoms with E-state index in [0.29, 0.717) is 25.6 Å². The fourth-order valence-electron chi connectivity index (χ4n) is 2.32. The van der Waals surface area contributed by atoms with E-state index in [-0.39, 0.29) is 0 Å². The minimum Gasteiger partial charge on any atom is -0.491 e. The average Bonchev–Trinajstić information content (AvgIpc) is 2.62. The number of nitrogens with zero attached hydrogens (tertiary/aromatic N) is 2. The third-order valence-corrected chi connectivity index (χ3v) is 3.58. The molecule has 1 heterocycles. The second-order valence-corrected chi connectivity index (χ2v) is 5.71. The number of hydrogen-bond donors (Lipinski definition) is 2. The number of ether oxygens (including phenoxy) is 1. The normalized spacial score (nSPS) is 11.4. The van der Waals surface area contributed by atoms with Crippen LogP contribution < -0.4 is 15.4 Å². The van der Waals surface area contributed by atoms with Crippen LogP contribution in [-0.4, -0.2) is 31.1 Å². The van der Waals surface area contributed by atoms with E-state index in [2.05, 4.69) is 40.5 Å². The Kier molecular flexibility index (Phi) is 7.08. The quantitative estimate of drug-likeness (QED) is 0.467. The summed E-state index contributed by atoms with van der Waals surface area (Å²) in [7, 11) is 1.75. The Bertz CT molecular complexity index is 641. The van der Waals surface area contributed by atoms with E-state index < -0.39 is 0 Å². The fraction of sp³-hybridized carbons (Fsp3) is 0.368. The lowest BCUT2D eigenvalue weighted by Crippen LogP contribution is -2.39. The highest BCUT2D eigenvalue weighted by Crippen LogP contribution is 2.25. The number of benzene rings is 1. The molecule has 0 aliphatic carbocycles. The lowest BCUT2D eigenvalue weighted by Gasteiger charge is -2.15. The molecule has 1 aromatic heterocycles. The highest BCUT2D eigenvalue weighted by atomic mass is 16.5. The standard InChI is InChI=1S/C19H26N4O/c1-15(2)17-9-4-5-10-18(17)24-13-12-22-19(20-3)23-14-16-8-6-7-11-21-16/h4-11,15H,12-14H2,1-3H3,(H2,20,22,23). The number of guanidine groups is 1. The molecule has 0 saturated carbocycles.